The lowest BCUT2D eigenvalue weighted by Crippen LogP contribution is -2.32. The van der Waals surface area contributed by atoms with Crippen LogP contribution in [0.4, 0.5) is 0 Å². The summed E-state index contributed by atoms with van der Waals surface area (Å²) in [5, 5.41) is 3.68. The van der Waals surface area contributed by atoms with Crippen LogP contribution in [0.15, 0.2) is 0 Å². The Morgan fingerprint density at radius 1 is 0.520 bits per heavy atom. The molecule has 0 amide bonds. The summed E-state index contributed by atoms with van der Waals surface area (Å²) >= 11 is 0. The van der Waals surface area contributed by atoms with Gasteiger partial charge in [0.25, 0.3) is 0 Å². The minimum absolute atomic E-state index is 0.682. The topological polar surface area (TPSA) is 12.0 Å². The van der Waals surface area contributed by atoms with E-state index in [4.69, 9.17) is 0 Å². The molecule has 0 fully saturated rings. The van der Waals surface area contributed by atoms with Gasteiger partial charge in [-0.05, 0) is 25.8 Å². The van der Waals surface area contributed by atoms with E-state index in [0.717, 1.165) is 5.92 Å². The van der Waals surface area contributed by atoms with Crippen LogP contribution in [-0.2, 0) is 0 Å². The molecule has 0 spiro atoms. The Balaban J connectivity index is 3.07. The average molecular weight is 354 g/mol. The lowest BCUT2D eigenvalue weighted by Gasteiger charge is -2.19. The monoisotopic (exact) mass is 353 g/mol. The normalized spacial score (nSPS) is 13.9. The molecule has 0 aliphatic carbocycles. The van der Waals surface area contributed by atoms with Gasteiger partial charge < -0.3 is 5.32 Å². The summed E-state index contributed by atoms with van der Waals surface area (Å²) in [7, 11) is 0. The molecule has 1 nitrogen and oxygen atoms in total. The molecule has 0 aliphatic rings. The summed E-state index contributed by atoms with van der Waals surface area (Å²) in [5.74, 6) is 0.807. The molecule has 2 unspecified atom stereocenters. The van der Waals surface area contributed by atoms with Crippen molar-refractivity contribution in [3.05, 3.63) is 0 Å². The Bertz CT molecular complexity index is 238. The molecular weight excluding hydrogens is 302 g/mol. The van der Waals surface area contributed by atoms with Gasteiger partial charge in [-0.1, -0.05) is 124 Å². The van der Waals surface area contributed by atoms with Crippen LogP contribution in [0.5, 0.6) is 0 Å². The molecular formula is C24H51N. The summed E-state index contributed by atoms with van der Waals surface area (Å²) in [5.41, 5.74) is 0. The molecule has 0 bridgehead atoms. The Kier molecular flexibility index (Phi) is 20.2. The first kappa shape index (κ1) is 25.0. The third kappa shape index (κ3) is 18.5. The first-order chi connectivity index (χ1) is 12.2. The zero-order chi connectivity index (χ0) is 18.6. The van der Waals surface area contributed by atoms with Crippen molar-refractivity contribution in [1.82, 2.24) is 5.32 Å². The largest absolute Gasteiger partial charge is 0.314 e. The van der Waals surface area contributed by atoms with Gasteiger partial charge in [-0.2, -0.15) is 0 Å². The quantitative estimate of drug-likeness (QED) is 0.217. The Morgan fingerprint density at radius 3 is 1.24 bits per heavy atom. The van der Waals surface area contributed by atoms with Gasteiger partial charge >= 0.3 is 0 Å². The van der Waals surface area contributed by atoms with E-state index in [2.05, 4.69) is 33.0 Å². The van der Waals surface area contributed by atoms with Crippen molar-refractivity contribution in [2.24, 2.45) is 5.92 Å². The van der Waals surface area contributed by atoms with E-state index in [0.29, 0.717) is 6.04 Å². The lowest BCUT2D eigenvalue weighted by molar-refractivity contribution is 0.385. The maximum Gasteiger partial charge on any atom is 0.00642 e. The molecule has 0 aromatic rings. The molecule has 152 valence electrons. The Hall–Kier alpha value is -0.0400. The Labute approximate surface area is 161 Å². The predicted octanol–water partition coefficient (Wildman–Crippen LogP) is 8.27. The van der Waals surface area contributed by atoms with Crippen molar-refractivity contribution in [1.29, 1.82) is 0 Å². The molecule has 0 aliphatic heterocycles. The Morgan fingerprint density at radius 2 is 0.880 bits per heavy atom. The molecule has 0 aromatic heterocycles. The van der Waals surface area contributed by atoms with Crippen molar-refractivity contribution in [3.8, 4) is 0 Å². The molecule has 0 saturated heterocycles. The van der Waals surface area contributed by atoms with Gasteiger partial charge in [0.2, 0.25) is 0 Å². The minimum atomic E-state index is 0.682. The number of hydrogen-bond acceptors (Lipinski definition) is 1. The first-order valence-corrected chi connectivity index (χ1v) is 12.0. The summed E-state index contributed by atoms with van der Waals surface area (Å²) < 4.78 is 0. The molecule has 0 radical (unpaired) electrons. The van der Waals surface area contributed by atoms with Gasteiger partial charge in [-0.3, -0.25) is 0 Å². The predicted molar refractivity (Wildman–Crippen MR) is 116 cm³/mol. The summed E-state index contributed by atoms with van der Waals surface area (Å²) in [6.45, 7) is 10.5. The molecule has 0 rings (SSSR count). The van der Waals surface area contributed by atoms with Crippen LogP contribution in [0.3, 0.4) is 0 Å². The van der Waals surface area contributed by atoms with Gasteiger partial charge in [0, 0.05) is 6.04 Å². The second kappa shape index (κ2) is 20.3. The van der Waals surface area contributed by atoms with Gasteiger partial charge in [0.1, 0.15) is 0 Å². The van der Waals surface area contributed by atoms with E-state index in [1.54, 1.807) is 0 Å². The highest BCUT2D eigenvalue weighted by Crippen LogP contribution is 2.13. The van der Waals surface area contributed by atoms with E-state index in [1.165, 1.54) is 116 Å². The average Bonchev–Trinajstić information content (AvgIpc) is 2.63. The standard InChI is InChI=1S/C24H51N/c1-5-7-8-9-10-11-12-13-14-15-16-17-18-19-20-21-22-25-24(4)23(3)6-2/h23-25H,5-22H2,1-4H3. The number of hydrogen-bond donors (Lipinski definition) is 1. The van der Waals surface area contributed by atoms with Gasteiger partial charge in [-0.25, -0.2) is 0 Å². The highest BCUT2D eigenvalue weighted by molar-refractivity contribution is 4.66. The molecule has 0 heterocycles. The minimum Gasteiger partial charge on any atom is -0.314 e. The molecule has 1 N–H and O–H groups in total. The van der Waals surface area contributed by atoms with Crippen molar-refractivity contribution < 1.29 is 0 Å². The fourth-order valence-electron chi connectivity index (χ4n) is 3.56. The van der Waals surface area contributed by atoms with Crippen molar-refractivity contribution in [2.75, 3.05) is 6.54 Å². The SMILES string of the molecule is CCCCCCCCCCCCCCCCCCNC(C)C(C)CC. The van der Waals surface area contributed by atoms with Crippen LogP contribution in [0.2, 0.25) is 0 Å². The highest BCUT2D eigenvalue weighted by atomic mass is 14.9. The number of unbranched alkanes of at least 4 members (excludes halogenated alkanes) is 15. The van der Waals surface area contributed by atoms with Crippen LogP contribution >= 0.6 is 0 Å². The summed E-state index contributed by atoms with van der Waals surface area (Å²) in [4.78, 5) is 0. The molecule has 25 heavy (non-hydrogen) atoms. The van der Waals surface area contributed by atoms with Crippen LogP contribution in [0.1, 0.15) is 137 Å². The first-order valence-electron chi connectivity index (χ1n) is 12.0. The highest BCUT2D eigenvalue weighted by Gasteiger charge is 2.07. The zero-order valence-corrected chi connectivity index (χ0v) is 18.4. The lowest BCUT2D eigenvalue weighted by atomic mass is 10.0. The number of rotatable bonds is 20. The zero-order valence-electron chi connectivity index (χ0n) is 18.4. The maximum atomic E-state index is 3.68. The van der Waals surface area contributed by atoms with E-state index >= 15 is 0 Å². The molecule has 1 heteroatoms. The van der Waals surface area contributed by atoms with Crippen LogP contribution in [0.25, 0.3) is 0 Å². The second-order valence-electron chi connectivity index (χ2n) is 8.43. The molecule has 0 saturated carbocycles. The second-order valence-corrected chi connectivity index (χ2v) is 8.43. The van der Waals surface area contributed by atoms with Crippen LogP contribution in [-0.4, -0.2) is 12.6 Å². The van der Waals surface area contributed by atoms with Crippen LogP contribution < -0.4 is 5.32 Å². The molecule has 0 aromatic carbocycles. The fourth-order valence-corrected chi connectivity index (χ4v) is 3.56. The van der Waals surface area contributed by atoms with Crippen molar-refractivity contribution >= 4 is 0 Å². The fraction of sp³-hybridized carbons (Fsp3) is 1.00. The van der Waals surface area contributed by atoms with E-state index < -0.39 is 0 Å². The van der Waals surface area contributed by atoms with Crippen molar-refractivity contribution in [2.45, 2.75) is 143 Å². The van der Waals surface area contributed by atoms with Gasteiger partial charge in [0.05, 0.1) is 0 Å². The van der Waals surface area contributed by atoms with E-state index in [9.17, 15) is 0 Å². The third-order valence-corrected chi connectivity index (χ3v) is 5.99. The smallest absolute Gasteiger partial charge is 0.00642 e. The van der Waals surface area contributed by atoms with Gasteiger partial charge in [-0.15, -0.1) is 0 Å². The van der Waals surface area contributed by atoms with Crippen LogP contribution in [0, 0.1) is 5.92 Å². The third-order valence-electron chi connectivity index (χ3n) is 5.99. The molecule has 2 atom stereocenters. The summed E-state index contributed by atoms with van der Waals surface area (Å²) in [6, 6.07) is 0.682. The van der Waals surface area contributed by atoms with E-state index in [1.807, 2.05) is 0 Å². The van der Waals surface area contributed by atoms with Crippen molar-refractivity contribution in [3.63, 3.8) is 0 Å². The van der Waals surface area contributed by atoms with Gasteiger partial charge in [0.15, 0.2) is 0 Å². The maximum absolute atomic E-state index is 3.68. The summed E-state index contributed by atoms with van der Waals surface area (Å²) in [6.07, 6.45) is 24.5. The number of nitrogens with one attached hydrogen (secondary N) is 1. The van der Waals surface area contributed by atoms with E-state index in [-0.39, 0.29) is 0 Å².